The number of hydrogen-bond acceptors (Lipinski definition) is 5. The highest BCUT2D eigenvalue weighted by Gasteiger charge is 2.48. The van der Waals surface area contributed by atoms with Crippen molar-refractivity contribution < 1.29 is 28.6 Å². The summed E-state index contributed by atoms with van der Waals surface area (Å²) >= 11 is 0. The highest BCUT2D eigenvalue weighted by atomic mass is 19.1. The lowest BCUT2D eigenvalue weighted by atomic mass is 10.0. The summed E-state index contributed by atoms with van der Waals surface area (Å²) in [7, 11) is 1.34. The normalized spacial score (nSPS) is 14.9. The van der Waals surface area contributed by atoms with E-state index in [2.05, 4.69) is 5.32 Å². The van der Waals surface area contributed by atoms with Crippen LogP contribution in [0.3, 0.4) is 0 Å². The van der Waals surface area contributed by atoms with Crippen LogP contribution in [-0.2, 0) is 22.7 Å². The fraction of sp³-hybridized carbons (Fsp3) is 0.286. The van der Waals surface area contributed by atoms with Crippen LogP contribution >= 0.6 is 0 Å². The van der Waals surface area contributed by atoms with E-state index in [0.717, 1.165) is 4.90 Å². The first-order valence-corrected chi connectivity index (χ1v) is 9.10. The Hall–Kier alpha value is -3.26. The lowest BCUT2D eigenvalue weighted by Crippen LogP contribution is -2.58. The van der Waals surface area contributed by atoms with Gasteiger partial charge in [0.15, 0.2) is 0 Å². The Kier molecular flexibility index (Phi) is 5.93. The topological polar surface area (TPSA) is 95.9 Å². The van der Waals surface area contributed by atoms with Gasteiger partial charge >= 0.3 is 0 Å². The number of amides is 2. The van der Waals surface area contributed by atoms with Gasteiger partial charge in [-0.25, -0.2) is 4.39 Å². The minimum atomic E-state index is -2.16. The minimum absolute atomic E-state index is 0.0593. The summed E-state index contributed by atoms with van der Waals surface area (Å²) < 4.78 is 19.1. The molecule has 1 unspecified atom stereocenters. The number of ether oxygens (including phenoxy) is 1. The SMILES string of the molecule is CNC(=O)C(O)(CCC=O)N1Cc2c(OCc3cccc(F)c3)cccc2C1=O. The molecule has 0 aliphatic carbocycles. The Morgan fingerprint density at radius 2 is 2.10 bits per heavy atom. The monoisotopic (exact) mass is 400 g/mol. The molecule has 2 N–H and O–H groups in total. The number of aldehydes is 1. The number of carbonyl (C=O) groups excluding carboxylic acids is 3. The fourth-order valence-corrected chi connectivity index (χ4v) is 3.36. The standard InChI is InChI=1S/C21H21FN2O5/c1-23-20(27)21(28,9-4-10-25)24-12-17-16(19(24)26)7-3-8-18(17)29-13-14-5-2-6-15(22)11-14/h2-3,5-8,10-11,28H,4,9,12-13H2,1H3,(H,23,27). The second kappa shape index (κ2) is 8.40. The van der Waals surface area contributed by atoms with Gasteiger partial charge in [0.1, 0.15) is 24.5 Å². The number of nitrogens with zero attached hydrogens (tertiary/aromatic N) is 1. The number of fused-ring (bicyclic) bond motifs is 1. The first kappa shape index (κ1) is 20.5. The highest BCUT2D eigenvalue weighted by molar-refractivity contribution is 6.02. The number of rotatable bonds is 8. The highest BCUT2D eigenvalue weighted by Crippen LogP contribution is 2.36. The third-order valence-electron chi connectivity index (χ3n) is 4.86. The first-order chi connectivity index (χ1) is 13.9. The summed E-state index contributed by atoms with van der Waals surface area (Å²) in [5.41, 5.74) is -0.722. The molecule has 0 aromatic heterocycles. The molecule has 1 atom stereocenters. The van der Waals surface area contributed by atoms with Crippen LogP contribution in [-0.4, -0.2) is 40.9 Å². The average molecular weight is 400 g/mol. The molecular formula is C21H21FN2O5. The molecule has 0 saturated carbocycles. The van der Waals surface area contributed by atoms with Crippen LogP contribution in [0.2, 0.25) is 0 Å². The summed E-state index contributed by atoms with van der Waals surface area (Å²) in [6.07, 6.45) is 0.261. The molecule has 152 valence electrons. The maximum atomic E-state index is 13.4. The number of aliphatic hydroxyl groups is 1. The van der Waals surface area contributed by atoms with Crippen molar-refractivity contribution in [1.29, 1.82) is 0 Å². The van der Waals surface area contributed by atoms with Gasteiger partial charge in [-0.3, -0.25) is 14.5 Å². The van der Waals surface area contributed by atoms with E-state index in [0.29, 0.717) is 28.7 Å². The average Bonchev–Trinajstić information content (AvgIpc) is 3.07. The summed E-state index contributed by atoms with van der Waals surface area (Å²) in [5, 5.41) is 13.3. The fourth-order valence-electron chi connectivity index (χ4n) is 3.36. The maximum absolute atomic E-state index is 13.4. The van der Waals surface area contributed by atoms with Crippen molar-refractivity contribution in [2.75, 3.05) is 7.05 Å². The Bertz CT molecular complexity index is 948. The molecule has 0 saturated heterocycles. The molecule has 7 nitrogen and oxygen atoms in total. The summed E-state index contributed by atoms with van der Waals surface area (Å²) in [4.78, 5) is 37.0. The van der Waals surface area contributed by atoms with Gasteiger partial charge in [0.2, 0.25) is 5.72 Å². The molecule has 3 rings (SSSR count). The number of likely N-dealkylation sites (N-methyl/N-ethyl adjacent to an activating group) is 1. The predicted molar refractivity (Wildman–Crippen MR) is 101 cm³/mol. The molecule has 1 aliphatic heterocycles. The van der Waals surface area contributed by atoms with Crippen molar-refractivity contribution in [3.8, 4) is 5.75 Å². The van der Waals surface area contributed by atoms with Crippen molar-refractivity contribution in [2.45, 2.75) is 31.7 Å². The lowest BCUT2D eigenvalue weighted by molar-refractivity contribution is -0.159. The van der Waals surface area contributed by atoms with Gasteiger partial charge in [-0.05, 0) is 29.8 Å². The molecule has 8 heteroatoms. The van der Waals surface area contributed by atoms with Crippen LogP contribution in [0.15, 0.2) is 42.5 Å². The van der Waals surface area contributed by atoms with Crippen molar-refractivity contribution >= 4 is 18.1 Å². The molecule has 2 aromatic carbocycles. The Labute approximate surface area is 167 Å². The number of carbonyl (C=O) groups is 3. The quantitative estimate of drug-likeness (QED) is 0.659. The van der Waals surface area contributed by atoms with Crippen LogP contribution in [0.25, 0.3) is 0 Å². The van der Waals surface area contributed by atoms with E-state index in [1.165, 1.54) is 19.2 Å². The van der Waals surface area contributed by atoms with Gasteiger partial charge < -0.3 is 20.0 Å². The van der Waals surface area contributed by atoms with Gasteiger partial charge in [-0.2, -0.15) is 0 Å². The zero-order valence-corrected chi connectivity index (χ0v) is 15.9. The van der Waals surface area contributed by atoms with Gasteiger partial charge in [-0.1, -0.05) is 18.2 Å². The predicted octanol–water partition coefficient (Wildman–Crippen LogP) is 1.77. The summed E-state index contributed by atoms with van der Waals surface area (Å²) in [6.45, 7) is 0.0313. The second-order valence-electron chi connectivity index (χ2n) is 6.69. The van der Waals surface area contributed by atoms with E-state index in [-0.39, 0.29) is 31.8 Å². The van der Waals surface area contributed by atoms with Gasteiger partial charge in [0, 0.05) is 31.0 Å². The molecule has 0 spiro atoms. The van der Waals surface area contributed by atoms with Gasteiger partial charge in [-0.15, -0.1) is 0 Å². The van der Waals surface area contributed by atoms with Gasteiger partial charge in [0.25, 0.3) is 11.8 Å². The minimum Gasteiger partial charge on any atom is -0.489 e. The molecular weight excluding hydrogens is 379 g/mol. The van der Waals surface area contributed by atoms with Crippen molar-refractivity contribution in [1.82, 2.24) is 10.2 Å². The van der Waals surface area contributed by atoms with E-state index >= 15 is 0 Å². The number of nitrogens with one attached hydrogen (secondary N) is 1. The smallest absolute Gasteiger partial charge is 0.273 e. The van der Waals surface area contributed by atoms with E-state index in [9.17, 15) is 23.9 Å². The van der Waals surface area contributed by atoms with Crippen LogP contribution in [0, 0.1) is 5.82 Å². The number of benzene rings is 2. The van der Waals surface area contributed by atoms with Crippen molar-refractivity contribution in [2.24, 2.45) is 0 Å². The van der Waals surface area contributed by atoms with Crippen LogP contribution in [0.5, 0.6) is 5.75 Å². The first-order valence-electron chi connectivity index (χ1n) is 9.10. The molecule has 1 aliphatic rings. The molecule has 29 heavy (non-hydrogen) atoms. The third-order valence-corrected chi connectivity index (χ3v) is 4.86. The molecule has 2 aromatic rings. The molecule has 0 radical (unpaired) electrons. The largest absolute Gasteiger partial charge is 0.489 e. The second-order valence-corrected chi connectivity index (χ2v) is 6.69. The van der Waals surface area contributed by atoms with Crippen LogP contribution in [0.1, 0.15) is 34.3 Å². The van der Waals surface area contributed by atoms with E-state index in [4.69, 9.17) is 4.74 Å². The van der Waals surface area contributed by atoms with Crippen LogP contribution in [0.4, 0.5) is 4.39 Å². The zero-order valence-electron chi connectivity index (χ0n) is 15.9. The lowest BCUT2D eigenvalue weighted by Gasteiger charge is -2.34. The van der Waals surface area contributed by atoms with Crippen molar-refractivity contribution in [3.05, 3.63) is 65.0 Å². The maximum Gasteiger partial charge on any atom is 0.273 e. The van der Waals surface area contributed by atoms with E-state index < -0.39 is 17.5 Å². The third kappa shape index (κ3) is 3.97. The van der Waals surface area contributed by atoms with E-state index in [1.54, 1.807) is 30.3 Å². The summed E-state index contributed by atoms with van der Waals surface area (Å²) in [5.74, 6) is -1.29. The van der Waals surface area contributed by atoms with Gasteiger partial charge in [0.05, 0.1) is 6.54 Å². The van der Waals surface area contributed by atoms with E-state index in [1.807, 2.05) is 0 Å². The molecule has 2 amide bonds. The van der Waals surface area contributed by atoms with Crippen LogP contribution < -0.4 is 10.1 Å². The Balaban J connectivity index is 1.87. The molecule has 0 fully saturated rings. The zero-order chi connectivity index (χ0) is 21.0. The Morgan fingerprint density at radius 1 is 1.34 bits per heavy atom. The number of hydrogen-bond donors (Lipinski definition) is 2. The summed E-state index contributed by atoms with van der Waals surface area (Å²) in [6, 6.07) is 10.9. The van der Waals surface area contributed by atoms with Crippen molar-refractivity contribution in [3.63, 3.8) is 0 Å². The Morgan fingerprint density at radius 3 is 2.79 bits per heavy atom. The number of halogens is 1. The molecule has 1 heterocycles. The molecule has 0 bridgehead atoms.